The Hall–Kier alpha value is -3.31. The molecule has 11 heteroatoms. The molecule has 2 aromatic carbocycles. The number of amides is 3. The molecular formula is C26H30N4O5S2. The highest BCUT2D eigenvalue weighted by molar-refractivity contribution is 7.93. The zero-order valence-electron chi connectivity index (χ0n) is 21.1. The van der Waals surface area contributed by atoms with Gasteiger partial charge in [0.2, 0.25) is 17.7 Å². The lowest BCUT2D eigenvalue weighted by Crippen LogP contribution is -2.42. The third-order valence-corrected chi connectivity index (χ3v) is 9.72. The van der Waals surface area contributed by atoms with Gasteiger partial charge in [-0.1, -0.05) is 12.1 Å². The van der Waals surface area contributed by atoms with E-state index in [1.165, 1.54) is 20.8 Å². The summed E-state index contributed by atoms with van der Waals surface area (Å²) in [5, 5.41) is 5.85. The topological polar surface area (TPSA) is 134 Å². The number of thiazole rings is 1. The van der Waals surface area contributed by atoms with Crippen molar-refractivity contribution < 1.29 is 22.8 Å². The Morgan fingerprint density at radius 2 is 1.78 bits per heavy atom. The second-order valence-corrected chi connectivity index (χ2v) is 13.2. The fourth-order valence-corrected chi connectivity index (χ4v) is 6.67. The maximum atomic E-state index is 13.2. The summed E-state index contributed by atoms with van der Waals surface area (Å²) in [6, 6.07) is 11.4. The average molecular weight is 543 g/mol. The molecule has 0 radical (unpaired) electrons. The number of carbonyl (C=O) groups excluding carboxylic acids is 3. The van der Waals surface area contributed by atoms with Crippen LogP contribution in [0.15, 0.2) is 36.4 Å². The molecule has 4 rings (SSSR count). The third-order valence-electron chi connectivity index (χ3n) is 6.08. The van der Waals surface area contributed by atoms with Crippen molar-refractivity contribution >= 4 is 54.8 Å². The number of nitrogens with zero attached hydrogens (tertiary/aromatic N) is 1. The van der Waals surface area contributed by atoms with E-state index >= 15 is 0 Å². The van der Waals surface area contributed by atoms with E-state index in [9.17, 15) is 22.8 Å². The first kappa shape index (κ1) is 26.7. The van der Waals surface area contributed by atoms with Crippen molar-refractivity contribution in [3.05, 3.63) is 47.0 Å². The van der Waals surface area contributed by atoms with E-state index in [2.05, 4.69) is 20.9 Å². The van der Waals surface area contributed by atoms with Gasteiger partial charge in [0.25, 0.3) is 0 Å². The standard InChI is InChI=1S/C26H30N4O5S2/c1-14(2)37(34,35)24(25(33)27-13-23(32)29-19-9-10-19)26-30-21-11-15(3)20(12-22(21)36-26)17-5-7-18(8-6-17)28-16(4)31/h5-8,11-12,14,19,24H,9-10,13H2,1-4H3,(H,27,33)(H,28,31)(H,29,32). The van der Waals surface area contributed by atoms with Crippen LogP contribution >= 0.6 is 11.3 Å². The molecule has 196 valence electrons. The zero-order valence-corrected chi connectivity index (χ0v) is 22.8. The van der Waals surface area contributed by atoms with E-state index in [1.807, 2.05) is 43.3 Å². The summed E-state index contributed by atoms with van der Waals surface area (Å²) in [5.41, 5.74) is 4.07. The Labute approximate surface area is 220 Å². The van der Waals surface area contributed by atoms with Crippen molar-refractivity contribution in [1.82, 2.24) is 15.6 Å². The molecule has 1 aliphatic rings. The molecule has 1 saturated carbocycles. The van der Waals surface area contributed by atoms with E-state index < -0.39 is 26.2 Å². The lowest BCUT2D eigenvalue weighted by Gasteiger charge is -2.17. The van der Waals surface area contributed by atoms with Gasteiger partial charge in [-0.2, -0.15) is 0 Å². The van der Waals surface area contributed by atoms with Crippen LogP contribution in [0.25, 0.3) is 21.3 Å². The molecule has 1 aliphatic carbocycles. The maximum absolute atomic E-state index is 13.2. The fraction of sp³-hybridized carbons (Fsp3) is 0.385. The van der Waals surface area contributed by atoms with Crippen LogP contribution in [0.2, 0.25) is 0 Å². The second-order valence-electron chi connectivity index (χ2n) is 9.52. The molecule has 1 atom stereocenters. The molecular weight excluding hydrogens is 512 g/mol. The van der Waals surface area contributed by atoms with Gasteiger partial charge in [0.1, 0.15) is 5.01 Å². The molecule has 0 aliphatic heterocycles. The predicted molar refractivity (Wildman–Crippen MR) is 145 cm³/mol. The van der Waals surface area contributed by atoms with E-state index in [0.717, 1.165) is 45.6 Å². The van der Waals surface area contributed by atoms with E-state index in [4.69, 9.17) is 0 Å². The summed E-state index contributed by atoms with van der Waals surface area (Å²) < 4.78 is 27.2. The van der Waals surface area contributed by atoms with Gasteiger partial charge in [0, 0.05) is 18.7 Å². The molecule has 1 fully saturated rings. The molecule has 3 aromatic rings. The number of hydrogen-bond acceptors (Lipinski definition) is 7. The summed E-state index contributed by atoms with van der Waals surface area (Å²) in [4.78, 5) is 41.0. The van der Waals surface area contributed by atoms with Crippen molar-refractivity contribution in [3.8, 4) is 11.1 Å². The van der Waals surface area contributed by atoms with Gasteiger partial charge >= 0.3 is 0 Å². The highest BCUT2D eigenvalue weighted by atomic mass is 32.2. The number of nitrogens with one attached hydrogen (secondary N) is 3. The molecule has 3 N–H and O–H groups in total. The average Bonchev–Trinajstić information content (AvgIpc) is 3.54. The third kappa shape index (κ3) is 6.16. The number of benzene rings is 2. The first-order chi connectivity index (χ1) is 17.5. The molecule has 1 unspecified atom stereocenters. The van der Waals surface area contributed by atoms with Gasteiger partial charge in [-0.25, -0.2) is 13.4 Å². The lowest BCUT2D eigenvalue weighted by atomic mass is 10.00. The Morgan fingerprint density at radius 3 is 2.38 bits per heavy atom. The zero-order chi connectivity index (χ0) is 26.9. The Balaban J connectivity index is 1.65. The number of sulfone groups is 1. The molecule has 1 aromatic heterocycles. The largest absolute Gasteiger partial charge is 0.352 e. The number of carbonyl (C=O) groups is 3. The Kier molecular flexibility index (Phi) is 7.65. The maximum Gasteiger partial charge on any atom is 0.245 e. The number of rotatable bonds is 9. The monoisotopic (exact) mass is 542 g/mol. The minimum atomic E-state index is -3.92. The van der Waals surface area contributed by atoms with Crippen LogP contribution in [-0.4, -0.2) is 49.0 Å². The van der Waals surface area contributed by atoms with Gasteiger partial charge in [0.05, 0.1) is 22.0 Å². The van der Waals surface area contributed by atoms with Crippen LogP contribution in [0.3, 0.4) is 0 Å². The summed E-state index contributed by atoms with van der Waals surface area (Å²) in [5.74, 6) is -1.25. The van der Waals surface area contributed by atoms with Gasteiger partial charge in [-0.3, -0.25) is 14.4 Å². The molecule has 1 heterocycles. The number of hydrogen-bond donors (Lipinski definition) is 3. The van der Waals surface area contributed by atoms with Gasteiger partial charge < -0.3 is 16.0 Å². The normalized spacial score (nSPS) is 14.4. The number of aromatic nitrogens is 1. The summed E-state index contributed by atoms with van der Waals surface area (Å²) in [7, 11) is -3.92. The molecule has 0 spiro atoms. The van der Waals surface area contributed by atoms with E-state index in [0.29, 0.717) is 11.2 Å². The van der Waals surface area contributed by atoms with Crippen LogP contribution in [0, 0.1) is 6.92 Å². The van der Waals surface area contributed by atoms with Crippen molar-refractivity contribution in [1.29, 1.82) is 0 Å². The molecule has 9 nitrogen and oxygen atoms in total. The first-order valence-corrected chi connectivity index (χ1v) is 14.5. The van der Waals surface area contributed by atoms with E-state index in [-0.39, 0.29) is 29.4 Å². The summed E-state index contributed by atoms with van der Waals surface area (Å²) in [6.07, 6.45) is 1.83. The van der Waals surface area contributed by atoms with Gasteiger partial charge in [-0.05, 0) is 74.6 Å². The minimum Gasteiger partial charge on any atom is -0.352 e. The number of anilines is 1. The highest BCUT2D eigenvalue weighted by Gasteiger charge is 2.39. The summed E-state index contributed by atoms with van der Waals surface area (Å²) in [6.45, 7) is 6.14. The van der Waals surface area contributed by atoms with Crippen LogP contribution in [0.1, 0.15) is 49.4 Å². The molecule has 0 bridgehead atoms. The van der Waals surface area contributed by atoms with Crippen LogP contribution < -0.4 is 16.0 Å². The van der Waals surface area contributed by atoms with Crippen molar-refractivity contribution in [2.24, 2.45) is 0 Å². The lowest BCUT2D eigenvalue weighted by molar-refractivity contribution is -0.126. The smallest absolute Gasteiger partial charge is 0.245 e. The quantitative estimate of drug-likeness (QED) is 0.379. The van der Waals surface area contributed by atoms with Crippen molar-refractivity contribution in [3.63, 3.8) is 0 Å². The SMILES string of the molecule is CC(=O)Nc1ccc(-c2cc3sc(C(C(=O)NCC(=O)NC4CC4)S(=O)(=O)C(C)C)nc3cc2C)cc1. The molecule has 37 heavy (non-hydrogen) atoms. The summed E-state index contributed by atoms with van der Waals surface area (Å²) >= 11 is 1.15. The Morgan fingerprint density at radius 1 is 1.11 bits per heavy atom. The van der Waals surface area contributed by atoms with Crippen LogP contribution in [0.4, 0.5) is 5.69 Å². The van der Waals surface area contributed by atoms with Gasteiger partial charge in [0.15, 0.2) is 15.1 Å². The highest BCUT2D eigenvalue weighted by Crippen LogP contribution is 2.36. The first-order valence-electron chi connectivity index (χ1n) is 12.0. The van der Waals surface area contributed by atoms with Crippen LogP contribution in [0.5, 0.6) is 0 Å². The van der Waals surface area contributed by atoms with Gasteiger partial charge in [-0.15, -0.1) is 11.3 Å². The number of fused-ring (bicyclic) bond motifs is 1. The molecule has 3 amide bonds. The number of aryl methyl sites for hydroxylation is 1. The minimum absolute atomic E-state index is 0.142. The second kappa shape index (κ2) is 10.6. The molecule has 0 saturated heterocycles. The van der Waals surface area contributed by atoms with E-state index in [1.54, 1.807) is 0 Å². The van der Waals surface area contributed by atoms with Crippen molar-refractivity contribution in [2.75, 3.05) is 11.9 Å². The van der Waals surface area contributed by atoms with Crippen LogP contribution in [-0.2, 0) is 24.2 Å². The Bertz CT molecular complexity index is 1460. The van der Waals surface area contributed by atoms with Crippen molar-refractivity contribution in [2.45, 2.75) is 57.1 Å². The predicted octanol–water partition coefficient (Wildman–Crippen LogP) is 3.49. The fourth-order valence-electron chi connectivity index (χ4n) is 3.90.